The minimum Gasteiger partial charge on any atom is -0.393 e. The van der Waals surface area contributed by atoms with Crippen LogP contribution in [0.4, 0.5) is 0 Å². The lowest BCUT2D eigenvalue weighted by molar-refractivity contribution is -0.325. The van der Waals surface area contributed by atoms with Gasteiger partial charge < -0.3 is 81.3 Å². The van der Waals surface area contributed by atoms with E-state index in [1.54, 1.807) is 0 Å². The molecule has 18 aliphatic rings. The Morgan fingerprint density at radius 3 is 1.04 bits per heavy atom. The number of carbonyl (C=O) groups is 2. The number of ether oxygens (including phenoxy) is 8. The van der Waals surface area contributed by atoms with Gasteiger partial charge in [0.1, 0.15) is 11.6 Å². The summed E-state index contributed by atoms with van der Waals surface area (Å²) < 4.78 is 51.9. The van der Waals surface area contributed by atoms with Crippen LogP contribution in [0, 0.1) is 185 Å². The Kier molecular flexibility index (Phi) is 27.1. The number of Topliss-reactive ketones (excluding diaryl/α,β-unsaturated/α-hetero) is 2. The lowest BCUT2D eigenvalue weighted by Crippen LogP contribution is -2.67. The van der Waals surface area contributed by atoms with Crippen molar-refractivity contribution >= 4 is 11.6 Å². The Labute approximate surface area is 714 Å². The molecule has 12 N–H and O–H groups in total. The lowest BCUT2D eigenvalue weighted by Gasteiger charge is -2.66. The van der Waals surface area contributed by atoms with Crippen molar-refractivity contribution in [3.05, 3.63) is 0 Å². The third-order valence-electron chi connectivity index (χ3n) is 41.4. The summed E-state index contributed by atoms with van der Waals surface area (Å²) in [5, 5.41) is 43.0. The molecule has 676 valence electrons. The van der Waals surface area contributed by atoms with Crippen LogP contribution in [-0.2, 0) is 47.5 Å². The number of ketones is 2. The van der Waals surface area contributed by atoms with E-state index in [1.807, 2.05) is 0 Å². The molecule has 18 heteroatoms. The first-order chi connectivity index (χ1) is 56.0. The van der Waals surface area contributed by atoms with Crippen molar-refractivity contribution in [2.45, 2.75) is 351 Å². The van der Waals surface area contributed by atoms with Gasteiger partial charge in [0.15, 0.2) is 11.6 Å². The Balaban J connectivity index is 0.000000124. The van der Waals surface area contributed by atoms with Crippen LogP contribution < -0.4 is 22.9 Å². The second-order valence-electron chi connectivity index (χ2n) is 46.8. The SMILES string of the molecule is CC(C)[C@H]1CC[C@H]2C3[C@H](O)CC4C[C@H](O)CC[C@]4(C)[C@H]3CC(=O)[C@]12C.CC(C)[C@H]1CC[C@H]2C3[C@H](O)CC4C[C@H](O)CC[C@]4(C)[C@H]3CC3(OCCO3)[C@]12C.CC(C)[C@H]1CC[C@H]2C3[C@H](OCCN)CC4C[C@H](OCCN)CC[C@]4(C)[C@H]3CC(=O)[C@]12C.CC(C)[C@H]1CC[C@H]2C3[C@H](OCCN)CC4C[C@H](OCCN)CC[C@]4(C)[C@H]3CC3(OCCO3)[C@]12C. The van der Waals surface area contributed by atoms with Gasteiger partial charge in [0.05, 0.1) is 102 Å². The molecule has 2 saturated heterocycles. The second-order valence-corrected chi connectivity index (χ2v) is 46.8. The molecule has 2 aliphatic heterocycles. The van der Waals surface area contributed by atoms with Crippen LogP contribution in [0.3, 0.4) is 0 Å². The van der Waals surface area contributed by atoms with Gasteiger partial charge >= 0.3 is 0 Å². The molecule has 118 heavy (non-hydrogen) atoms. The van der Waals surface area contributed by atoms with Gasteiger partial charge in [-0.3, -0.25) is 9.59 Å². The van der Waals surface area contributed by atoms with Gasteiger partial charge in [-0.1, -0.05) is 111 Å². The summed E-state index contributed by atoms with van der Waals surface area (Å²) in [4.78, 5) is 27.2. The monoisotopic (exact) mass is 1650 g/mol. The zero-order valence-corrected chi connectivity index (χ0v) is 76.9. The maximum Gasteiger partial charge on any atom is 0.174 e. The van der Waals surface area contributed by atoms with Crippen LogP contribution in [0.5, 0.6) is 0 Å². The molecule has 2 heterocycles. The molecule has 2 spiro atoms. The Hall–Kier alpha value is -1.30. The Bertz CT molecular complexity index is 3400. The highest BCUT2D eigenvalue weighted by atomic mass is 16.7. The van der Waals surface area contributed by atoms with Crippen molar-refractivity contribution in [3.8, 4) is 0 Å². The van der Waals surface area contributed by atoms with E-state index in [0.29, 0.717) is 232 Å². The summed E-state index contributed by atoms with van der Waals surface area (Å²) in [5.41, 5.74) is 23.6. The van der Waals surface area contributed by atoms with E-state index in [0.717, 1.165) is 142 Å². The maximum atomic E-state index is 13.8. The van der Waals surface area contributed by atoms with Gasteiger partial charge in [0.2, 0.25) is 0 Å². The van der Waals surface area contributed by atoms with Crippen molar-refractivity contribution in [2.75, 3.05) is 79.0 Å². The standard InChI is InChI=1S/C28H50N2O4.C26H46N2O3.C24H40O4.C22H36O3/c1-18(2)21-5-6-22-25-23(17-28(27(21,22)4)33-13-14-34-28)26(3)8-7-20(31-11-9-29)15-19(26)16-24(25)32-12-10-30;1-16(2)19-5-6-20-24-21(15-23(29)26(19,20)4)25(3)8-7-18(30-11-9-27)13-17(25)14-22(24)31-12-10-28;1-14(2)17-5-6-18-21-19(13-24(23(17,18)4)27-9-10-28-24)22(3)8-7-16(25)11-15(22)12-20(21)26;1-12(2)15-5-6-16-20-17(11-19(25)22(15,16)4)21(3)8-7-14(23)9-13(21)10-18(20)24/h18-25H,5-17,29-30H2,1-4H3;16-22,24H,5-15,27-28H2,1-4H3;14-21,25-26H,5-13H2,1-4H3;12-18,20,23-24H,5-11H2,1-4H3/t19?,20-,21-,22+,23+,24-,25?,26+,27-;17?,18-,19-,20+,21+,22-,24?,25+,26-;15?,16-,17-,18+,19+,20-,21?,22+,23-;13?,14-,15-,16+,17+,18-,20?,21+,22-/m1111/s1. The number of aliphatic hydroxyl groups is 4. The van der Waals surface area contributed by atoms with E-state index in [4.69, 9.17) is 60.8 Å². The van der Waals surface area contributed by atoms with Gasteiger partial charge in [-0.2, -0.15) is 0 Å². The molecule has 0 amide bonds. The van der Waals surface area contributed by atoms with Crippen molar-refractivity contribution in [1.82, 2.24) is 0 Å². The third kappa shape index (κ3) is 14.8. The zero-order chi connectivity index (χ0) is 84.6. The summed E-state index contributed by atoms with van der Waals surface area (Å²) >= 11 is 0. The minimum atomic E-state index is -0.481. The number of aliphatic hydroxyl groups excluding tert-OH is 4. The molecule has 8 unspecified atom stereocenters. The summed E-state index contributed by atoms with van der Waals surface area (Å²) in [7, 11) is 0. The number of rotatable bonds is 16. The third-order valence-corrected chi connectivity index (χ3v) is 41.4. The molecule has 0 radical (unpaired) electrons. The first kappa shape index (κ1) is 91.5. The van der Waals surface area contributed by atoms with Crippen LogP contribution >= 0.6 is 0 Å². The van der Waals surface area contributed by atoms with E-state index in [-0.39, 0.29) is 85.9 Å². The number of nitrogens with two attached hydrogens (primary N) is 4. The summed E-state index contributed by atoms with van der Waals surface area (Å²) in [6.07, 6.45) is 29.3. The van der Waals surface area contributed by atoms with Crippen LogP contribution in [0.1, 0.15) is 291 Å². The largest absolute Gasteiger partial charge is 0.393 e. The predicted molar refractivity (Wildman–Crippen MR) is 462 cm³/mol. The number of hydrogen-bond acceptors (Lipinski definition) is 18. The molecule has 18 fully saturated rings. The van der Waals surface area contributed by atoms with Crippen LogP contribution in [-0.4, -0.2) is 171 Å². The highest BCUT2D eigenvalue weighted by Crippen LogP contribution is 2.77. The molecule has 0 aromatic rings. The van der Waals surface area contributed by atoms with Crippen molar-refractivity contribution in [1.29, 1.82) is 0 Å². The predicted octanol–water partition coefficient (Wildman–Crippen LogP) is 15.5. The van der Waals surface area contributed by atoms with E-state index in [2.05, 4.69) is 111 Å². The van der Waals surface area contributed by atoms with Crippen molar-refractivity contribution in [2.24, 2.45) is 208 Å². The fourth-order valence-electron chi connectivity index (χ4n) is 35.8. The molecule has 0 bridgehead atoms. The van der Waals surface area contributed by atoms with Crippen LogP contribution in [0.2, 0.25) is 0 Å². The molecule has 16 aliphatic carbocycles. The quantitative estimate of drug-likeness (QED) is 0.0712. The molecule has 0 aromatic carbocycles. The second kappa shape index (κ2) is 34.9. The van der Waals surface area contributed by atoms with Crippen LogP contribution in [0.25, 0.3) is 0 Å². The molecule has 18 rings (SSSR count). The van der Waals surface area contributed by atoms with Crippen molar-refractivity contribution in [3.63, 3.8) is 0 Å². The van der Waals surface area contributed by atoms with Gasteiger partial charge in [-0.05, 0) is 318 Å². The normalized spacial score (nSPS) is 51.0. The average molecular weight is 1650 g/mol. The first-order valence-corrected chi connectivity index (χ1v) is 49.6. The van der Waals surface area contributed by atoms with Gasteiger partial charge in [0, 0.05) is 73.5 Å². The van der Waals surface area contributed by atoms with Gasteiger partial charge in [-0.15, -0.1) is 0 Å². The first-order valence-electron chi connectivity index (χ1n) is 49.6. The minimum absolute atomic E-state index is 0.0167. The molecule has 0 aromatic heterocycles. The number of fused-ring (bicyclic) bond motifs is 22. The average Bonchev–Trinajstić information content (AvgIpc) is 1.47. The highest BCUT2D eigenvalue weighted by Gasteiger charge is 2.76. The molecular formula is C100H172N4O14. The summed E-state index contributed by atoms with van der Waals surface area (Å²) in [5.74, 6) is 11.7. The Morgan fingerprint density at radius 1 is 0.347 bits per heavy atom. The van der Waals surface area contributed by atoms with E-state index < -0.39 is 11.6 Å². The van der Waals surface area contributed by atoms with E-state index in [9.17, 15) is 30.0 Å². The topological polar surface area (TPSA) is 293 Å². The van der Waals surface area contributed by atoms with Gasteiger partial charge in [0.25, 0.3) is 0 Å². The molecule has 18 nitrogen and oxygen atoms in total. The molecular weight excluding hydrogens is 1480 g/mol. The molecule has 36 atom stereocenters. The highest BCUT2D eigenvalue weighted by molar-refractivity contribution is 5.87. The van der Waals surface area contributed by atoms with Crippen LogP contribution in [0.15, 0.2) is 0 Å². The van der Waals surface area contributed by atoms with Gasteiger partial charge in [-0.25, -0.2) is 0 Å². The fourth-order valence-corrected chi connectivity index (χ4v) is 35.8. The summed E-state index contributed by atoms with van der Waals surface area (Å²) in [6, 6.07) is 0. The molecule has 16 saturated carbocycles. The fraction of sp³-hybridized carbons (Fsp3) is 0.980. The number of hydrogen-bond donors (Lipinski definition) is 8. The maximum absolute atomic E-state index is 13.8. The van der Waals surface area contributed by atoms with E-state index in [1.165, 1.54) is 44.9 Å². The Morgan fingerprint density at radius 2 is 0.653 bits per heavy atom. The summed E-state index contributed by atoms with van der Waals surface area (Å²) in [6.45, 7) is 45.7. The lowest BCUT2D eigenvalue weighted by atomic mass is 9.42. The smallest absolute Gasteiger partial charge is 0.174 e. The van der Waals surface area contributed by atoms with E-state index >= 15 is 0 Å². The number of carbonyl (C=O) groups excluding carboxylic acids is 2. The zero-order valence-electron chi connectivity index (χ0n) is 76.9. The van der Waals surface area contributed by atoms with Crippen molar-refractivity contribution < 1.29 is 67.9 Å².